The SMILES string of the molecule is Cc1ccc(NCCOC(C)CC(C)C)cc1. The van der Waals surface area contributed by atoms with Crippen LogP contribution in [0.4, 0.5) is 5.69 Å². The van der Waals surface area contributed by atoms with E-state index in [1.165, 1.54) is 5.56 Å². The number of aryl methyl sites for hydroxylation is 1. The highest BCUT2D eigenvalue weighted by molar-refractivity contribution is 5.44. The van der Waals surface area contributed by atoms with Crippen LogP contribution < -0.4 is 5.32 Å². The number of hydrogen-bond donors (Lipinski definition) is 1. The molecule has 2 heteroatoms. The van der Waals surface area contributed by atoms with Crippen molar-refractivity contribution in [3.05, 3.63) is 29.8 Å². The highest BCUT2D eigenvalue weighted by Gasteiger charge is 2.04. The number of anilines is 1. The maximum atomic E-state index is 5.74. The molecule has 0 aromatic heterocycles. The third-order valence-electron chi connectivity index (χ3n) is 2.69. The molecule has 17 heavy (non-hydrogen) atoms. The molecule has 2 nitrogen and oxygen atoms in total. The summed E-state index contributed by atoms with van der Waals surface area (Å²) in [5, 5.41) is 3.36. The van der Waals surface area contributed by atoms with Crippen molar-refractivity contribution in [2.45, 2.75) is 40.2 Å². The van der Waals surface area contributed by atoms with Crippen LogP contribution in [0.15, 0.2) is 24.3 Å². The fourth-order valence-corrected chi connectivity index (χ4v) is 1.86. The molecule has 1 unspecified atom stereocenters. The monoisotopic (exact) mass is 235 g/mol. The van der Waals surface area contributed by atoms with Crippen molar-refractivity contribution < 1.29 is 4.74 Å². The van der Waals surface area contributed by atoms with Gasteiger partial charge in [-0.05, 0) is 38.3 Å². The van der Waals surface area contributed by atoms with Crippen molar-refractivity contribution in [1.29, 1.82) is 0 Å². The zero-order chi connectivity index (χ0) is 12.7. The largest absolute Gasteiger partial charge is 0.383 e. The lowest BCUT2D eigenvalue weighted by Gasteiger charge is -2.15. The number of ether oxygens (including phenoxy) is 1. The van der Waals surface area contributed by atoms with Gasteiger partial charge in [-0.2, -0.15) is 0 Å². The second kappa shape index (κ2) is 7.33. The Morgan fingerprint density at radius 2 is 1.76 bits per heavy atom. The fourth-order valence-electron chi connectivity index (χ4n) is 1.86. The predicted molar refractivity (Wildman–Crippen MR) is 74.5 cm³/mol. The van der Waals surface area contributed by atoms with Crippen LogP contribution in [-0.2, 0) is 4.74 Å². The molecule has 0 aliphatic heterocycles. The molecule has 1 N–H and O–H groups in total. The van der Waals surface area contributed by atoms with Crippen molar-refractivity contribution >= 4 is 5.69 Å². The van der Waals surface area contributed by atoms with Crippen molar-refractivity contribution in [2.75, 3.05) is 18.5 Å². The standard InChI is InChI=1S/C15H25NO/c1-12(2)11-14(4)17-10-9-16-15-7-5-13(3)6-8-15/h5-8,12,14,16H,9-11H2,1-4H3. The number of nitrogens with one attached hydrogen (secondary N) is 1. The Kier molecular flexibility index (Phi) is 6.06. The topological polar surface area (TPSA) is 21.3 Å². The smallest absolute Gasteiger partial charge is 0.0642 e. The molecule has 0 heterocycles. The minimum Gasteiger partial charge on any atom is -0.383 e. The maximum Gasteiger partial charge on any atom is 0.0642 e. The molecule has 0 amide bonds. The van der Waals surface area contributed by atoms with Crippen molar-refractivity contribution in [3.8, 4) is 0 Å². The first-order chi connectivity index (χ1) is 8.08. The summed E-state index contributed by atoms with van der Waals surface area (Å²) in [6.45, 7) is 10.3. The minimum atomic E-state index is 0.356. The Hall–Kier alpha value is -1.02. The Bertz CT molecular complexity index is 305. The molecule has 0 bridgehead atoms. The van der Waals surface area contributed by atoms with Gasteiger partial charge in [0, 0.05) is 12.2 Å². The van der Waals surface area contributed by atoms with Gasteiger partial charge in [-0.25, -0.2) is 0 Å². The van der Waals surface area contributed by atoms with E-state index < -0.39 is 0 Å². The number of rotatable bonds is 7. The zero-order valence-electron chi connectivity index (χ0n) is 11.5. The van der Waals surface area contributed by atoms with Gasteiger partial charge in [-0.15, -0.1) is 0 Å². The van der Waals surface area contributed by atoms with Crippen molar-refractivity contribution in [2.24, 2.45) is 5.92 Å². The molecule has 96 valence electrons. The van der Waals surface area contributed by atoms with E-state index in [9.17, 15) is 0 Å². The van der Waals surface area contributed by atoms with E-state index in [1.54, 1.807) is 0 Å². The van der Waals surface area contributed by atoms with E-state index in [1.807, 2.05) is 0 Å². The summed E-state index contributed by atoms with van der Waals surface area (Å²) in [6.07, 6.45) is 1.49. The van der Waals surface area contributed by atoms with Crippen molar-refractivity contribution in [3.63, 3.8) is 0 Å². The third kappa shape index (κ3) is 6.32. The van der Waals surface area contributed by atoms with Gasteiger partial charge < -0.3 is 10.1 Å². The van der Waals surface area contributed by atoms with Crippen LogP contribution in [0.2, 0.25) is 0 Å². The van der Waals surface area contributed by atoms with Gasteiger partial charge in [0.15, 0.2) is 0 Å². The number of benzene rings is 1. The first-order valence-corrected chi connectivity index (χ1v) is 6.50. The summed E-state index contributed by atoms with van der Waals surface area (Å²) in [4.78, 5) is 0. The molecule has 0 saturated heterocycles. The van der Waals surface area contributed by atoms with Crippen LogP contribution in [0.25, 0.3) is 0 Å². The van der Waals surface area contributed by atoms with Crippen LogP contribution >= 0.6 is 0 Å². The Morgan fingerprint density at radius 3 is 2.35 bits per heavy atom. The van der Waals surface area contributed by atoms with Crippen molar-refractivity contribution in [1.82, 2.24) is 0 Å². The van der Waals surface area contributed by atoms with Gasteiger partial charge in [0.25, 0.3) is 0 Å². The summed E-state index contributed by atoms with van der Waals surface area (Å²) in [5.74, 6) is 0.704. The van der Waals surface area contributed by atoms with E-state index in [0.717, 1.165) is 25.3 Å². The van der Waals surface area contributed by atoms with Gasteiger partial charge in [0.2, 0.25) is 0 Å². The van der Waals surface area contributed by atoms with Gasteiger partial charge in [0.05, 0.1) is 12.7 Å². The minimum absolute atomic E-state index is 0.356. The number of hydrogen-bond acceptors (Lipinski definition) is 2. The summed E-state index contributed by atoms with van der Waals surface area (Å²) < 4.78 is 5.74. The molecule has 0 saturated carbocycles. The zero-order valence-corrected chi connectivity index (χ0v) is 11.5. The van der Waals surface area contributed by atoms with Crippen LogP contribution in [0, 0.1) is 12.8 Å². The normalized spacial score (nSPS) is 12.8. The molecule has 0 aliphatic rings. The average Bonchev–Trinajstić information content (AvgIpc) is 2.26. The lowest BCUT2D eigenvalue weighted by atomic mass is 10.1. The van der Waals surface area contributed by atoms with Gasteiger partial charge in [-0.1, -0.05) is 31.5 Å². The van der Waals surface area contributed by atoms with E-state index in [-0.39, 0.29) is 0 Å². The second-order valence-corrected chi connectivity index (χ2v) is 5.10. The molecule has 1 aromatic rings. The summed E-state index contributed by atoms with van der Waals surface area (Å²) >= 11 is 0. The first kappa shape index (κ1) is 14.0. The predicted octanol–water partition coefficient (Wildman–Crippen LogP) is 3.86. The summed E-state index contributed by atoms with van der Waals surface area (Å²) in [6, 6.07) is 8.44. The fraction of sp³-hybridized carbons (Fsp3) is 0.600. The summed E-state index contributed by atoms with van der Waals surface area (Å²) in [7, 11) is 0. The highest BCUT2D eigenvalue weighted by atomic mass is 16.5. The van der Waals surface area contributed by atoms with E-state index in [4.69, 9.17) is 4.74 Å². The molecule has 0 radical (unpaired) electrons. The van der Waals surface area contributed by atoms with Crippen LogP contribution in [0.5, 0.6) is 0 Å². The van der Waals surface area contributed by atoms with E-state index in [0.29, 0.717) is 12.0 Å². The van der Waals surface area contributed by atoms with Crippen LogP contribution in [0.1, 0.15) is 32.8 Å². The van der Waals surface area contributed by atoms with Gasteiger partial charge in [0.1, 0.15) is 0 Å². The lowest BCUT2D eigenvalue weighted by molar-refractivity contribution is 0.0591. The Labute approximate surface area is 105 Å². The van der Waals surface area contributed by atoms with E-state index in [2.05, 4.69) is 57.3 Å². The van der Waals surface area contributed by atoms with Gasteiger partial charge >= 0.3 is 0 Å². The lowest BCUT2D eigenvalue weighted by Crippen LogP contribution is -2.17. The van der Waals surface area contributed by atoms with Gasteiger partial charge in [-0.3, -0.25) is 0 Å². The molecule has 0 aliphatic carbocycles. The highest BCUT2D eigenvalue weighted by Crippen LogP contribution is 2.09. The summed E-state index contributed by atoms with van der Waals surface area (Å²) in [5.41, 5.74) is 2.45. The van der Waals surface area contributed by atoms with Crippen LogP contribution in [0.3, 0.4) is 0 Å². The Balaban J connectivity index is 2.13. The third-order valence-corrected chi connectivity index (χ3v) is 2.69. The molecule has 0 fully saturated rings. The molecule has 0 spiro atoms. The molecule has 1 atom stereocenters. The second-order valence-electron chi connectivity index (χ2n) is 5.10. The van der Waals surface area contributed by atoms with Crippen LogP contribution in [-0.4, -0.2) is 19.3 Å². The Morgan fingerprint density at radius 1 is 1.12 bits per heavy atom. The first-order valence-electron chi connectivity index (χ1n) is 6.50. The molecule has 1 rings (SSSR count). The quantitative estimate of drug-likeness (QED) is 0.725. The molecule has 1 aromatic carbocycles. The maximum absolute atomic E-state index is 5.74. The van der Waals surface area contributed by atoms with E-state index >= 15 is 0 Å². The molecular formula is C15H25NO. The average molecular weight is 235 g/mol. The molecular weight excluding hydrogens is 210 g/mol.